The van der Waals surface area contributed by atoms with E-state index >= 15 is 0 Å². The lowest BCUT2D eigenvalue weighted by Crippen LogP contribution is -2.20. The van der Waals surface area contributed by atoms with Crippen LogP contribution in [-0.4, -0.2) is 43.3 Å². The molecule has 0 amide bonds. The monoisotopic (exact) mass is 542 g/mol. The molecule has 0 spiro atoms. The lowest BCUT2D eigenvalue weighted by molar-refractivity contribution is 0.138. The van der Waals surface area contributed by atoms with E-state index in [4.69, 9.17) is 8.37 Å². The second-order valence-electron chi connectivity index (χ2n) is 8.83. The van der Waals surface area contributed by atoms with Gasteiger partial charge in [-0.2, -0.15) is 16.8 Å². The highest BCUT2D eigenvalue weighted by atomic mass is 32.3. The molecule has 0 bridgehead atoms. The molecule has 0 fully saturated rings. The lowest BCUT2D eigenvalue weighted by Gasteiger charge is -2.16. The van der Waals surface area contributed by atoms with E-state index in [1.54, 1.807) is 0 Å². The van der Waals surface area contributed by atoms with Gasteiger partial charge in [-0.3, -0.25) is 4.18 Å². The first-order chi connectivity index (χ1) is 16.8. The Morgan fingerprint density at radius 3 is 1.69 bits per heavy atom. The van der Waals surface area contributed by atoms with Gasteiger partial charge in [-0.1, -0.05) is 90.2 Å². The summed E-state index contributed by atoms with van der Waals surface area (Å²) in [6, 6.07) is 0. The fraction of sp³-hybridized carbons (Fsp3) is 0.920. The molecule has 0 saturated heterocycles. The van der Waals surface area contributed by atoms with Gasteiger partial charge in [0.25, 0.3) is 0 Å². The van der Waals surface area contributed by atoms with Gasteiger partial charge in [-0.05, 0) is 44.9 Å². The van der Waals surface area contributed by atoms with Gasteiger partial charge in [0, 0.05) is 0 Å². The predicted molar refractivity (Wildman–Crippen MR) is 141 cm³/mol. The summed E-state index contributed by atoms with van der Waals surface area (Å²) >= 11 is 0. The number of unbranched alkanes of at least 4 members (excludes halogenated alkanes) is 11. The molecule has 1 unspecified atom stereocenters. The van der Waals surface area contributed by atoms with Crippen molar-refractivity contribution >= 4 is 20.8 Å². The standard InChI is InChI=1S/C25H50O8S2/c1-4-6-7-8-9-10-11-13-16-20-24-32-35(28,29)33-25(21-5-2)22-18-15-12-14-17-19-23-31-34(26,27)30-3/h6-7,25H,4-5,8-24H2,1-3H3/b7-6+. The van der Waals surface area contributed by atoms with Crippen LogP contribution in [0.2, 0.25) is 0 Å². The summed E-state index contributed by atoms with van der Waals surface area (Å²) in [6.45, 7) is 4.45. The van der Waals surface area contributed by atoms with Crippen molar-refractivity contribution < 1.29 is 33.6 Å². The molecule has 0 N–H and O–H groups in total. The largest absolute Gasteiger partial charge is 0.400 e. The summed E-state index contributed by atoms with van der Waals surface area (Å²) in [6.07, 6.45) is 20.2. The normalized spacial score (nSPS) is 13.6. The van der Waals surface area contributed by atoms with Crippen molar-refractivity contribution in [1.82, 2.24) is 0 Å². The van der Waals surface area contributed by atoms with Crippen LogP contribution in [0.25, 0.3) is 0 Å². The second kappa shape index (κ2) is 22.7. The van der Waals surface area contributed by atoms with Crippen molar-refractivity contribution in [3.05, 3.63) is 12.2 Å². The van der Waals surface area contributed by atoms with E-state index in [9.17, 15) is 16.8 Å². The Hall–Kier alpha value is -0.520. The van der Waals surface area contributed by atoms with Crippen molar-refractivity contribution in [2.45, 2.75) is 129 Å². The fourth-order valence-corrected chi connectivity index (χ4v) is 4.99. The maximum Gasteiger partial charge on any atom is 0.400 e. The van der Waals surface area contributed by atoms with Crippen molar-refractivity contribution in [2.75, 3.05) is 20.3 Å². The minimum absolute atomic E-state index is 0.122. The van der Waals surface area contributed by atoms with Crippen LogP contribution in [0.1, 0.15) is 123 Å². The average Bonchev–Trinajstić information content (AvgIpc) is 2.81. The van der Waals surface area contributed by atoms with Crippen molar-refractivity contribution in [2.24, 2.45) is 0 Å². The van der Waals surface area contributed by atoms with E-state index in [2.05, 4.69) is 27.4 Å². The molecule has 210 valence electrons. The molecule has 0 aliphatic heterocycles. The summed E-state index contributed by atoms with van der Waals surface area (Å²) in [4.78, 5) is 0. The molecule has 35 heavy (non-hydrogen) atoms. The highest BCUT2D eigenvalue weighted by Gasteiger charge is 2.19. The minimum Gasteiger partial charge on any atom is -0.252 e. The zero-order valence-electron chi connectivity index (χ0n) is 22.2. The molecule has 0 aromatic heterocycles. The molecular weight excluding hydrogens is 492 g/mol. The molecule has 0 aliphatic carbocycles. The number of hydrogen-bond acceptors (Lipinski definition) is 8. The number of allylic oxidation sites excluding steroid dienone is 2. The lowest BCUT2D eigenvalue weighted by atomic mass is 10.0. The summed E-state index contributed by atoms with van der Waals surface area (Å²) in [5.74, 6) is 0. The van der Waals surface area contributed by atoms with Crippen LogP contribution in [-0.2, 0) is 37.5 Å². The topological polar surface area (TPSA) is 105 Å². The van der Waals surface area contributed by atoms with Gasteiger partial charge < -0.3 is 0 Å². The Morgan fingerprint density at radius 2 is 1.14 bits per heavy atom. The molecule has 0 aliphatic rings. The Kier molecular flexibility index (Phi) is 22.3. The fourth-order valence-electron chi connectivity index (χ4n) is 3.66. The average molecular weight is 543 g/mol. The van der Waals surface area contributed by atoms with Gasteiger partial charge >= 0.3 is 20.8 Å². The third-order valence-electron chi connectivity index (χ3n) is 5.61. The first kappa shape index (κ1) is 34.5. The highest BCUT2D eigenvalue weighted by molar-refractivity contribution is 7.82. The summed E-state index contributed by atoms with van der Waals surface area (Å²) in [5, 5.41) is 0. The molecule has 0 saturated carbocycles. The van der Waals surface area contributed by atoms with Crippen LogP contribution in [0.15, 0.2) is 12.2 Å². The third kappa shape index (κ3) is 23.6. The highest BCUT2D eigenvalue weighted by Crippen LogP contribution is 2.17. The molecule has 0 aromatic rings. The van der Waals surface area contributed by atoms with Gasteiger partial charge in [0.15, 0.2) is 0 Å². The van der Waals surface area contributed by atoms with E-state index in [-0.39, 0.29) is 19.3 Å². The molecule has 0 heterocycles. The van der Waals surface area contributed by atoms with Crippen molar-refractivity contribution in [3.63, 3.8) is 0 Å². The molecule has 10 heteroatoms. The van der Waals surface area contributed by atoms with Crippen LogP contribution in [0.3, 0.4) is 0 Å². The van der Waals surface area contributed by atoms with Crippen LogP contribution < -0.4 is 0 Å². The smallest absolute Gasteiger partial charge is 0.252 e. The Labute approximate surface area is 215 Å². The van der Waals surface area contributed by atoms with E-state index in [0.717, 1.165) is 77.7 Å². The van der Waals surface area contributed by atoms with Crippen LogP contribution in [0.4, 0.5) is 0 Å². The van der Waals surface area contributed by atoms with E-state index in [1.807, 2.05) is 6.92 Å². The third-order valence-corrected chi connectivity index (χ3v) is 7.44. The van der Waals surface area contributed by atoms with Crippen molar-refractivity contribution in [3.8, 4) is 0 Å². The predicted octanol–water partition coefficient (Wildman–Crippen LogP) is 6.77. The van der Waals surface area contributed by atoms with E-state index in [0.29, 0.717) is 19.3 Å². The number of hydrogen-bond donors (Lipinski definition) is 0. The van der Waals surface area contributed by atoms with E-state index < -0.39 is 20.8 Å². The first-order valence-electron chi connectivity index (χ1n) is 13.4. The molecule has 8 nitrogen and oxygen atoms in total. The quantitative estimate of drug-likeness (QED) is 0.0871. The summed E-state index contributed by atoms with van der Waals surface area (Å²) < 4.78 is 65.7. The molecule has 0 aromatic carbocycles. The molecule has 1 atom stereocenters. The van der Waals surface area contributed by atoms with Gasteiger partial charge in [0.2, 0.25) is 0 Å². The van der Waals surface area contributed by atoms with Crippen LogP contribution in [0.5, 0.6) is 0 Å². The maximum absolute atomic E-state index is 12.2. The van der Waals surface area contributed by atoms with Crippen molar-refractivity contribution in [1.29, 1.82) is 0 Å². The minimum atomic E-state index is -3.97. The summed E-state index contributed by atoms with van der Waals surface area (Å²) in [7, 11) is -6.74. The number of rotatable bonds is 26. The molecule has 0 radical (unpaired) electrons. The second-order valence-corrected chi connectivity index (χ2v) is 11.5. The summed E-state index contributed by atoms with van der Waals surface area (Å²) in [5.41, 5.74) is 0. The molecular formula is C25H50O8S2. The van der Waals surface area contributed by atoms with Crippen LogP contribution in [0, 0.1) is 0 Å². The Balaban J connectivity index is 3.86. The Morgan fingerprint density at radius 1 is 0.629 bits per heavy atom. The zero-order valence-corrected chi connectivity index (χ0v) is 23.9. The van der Waals surface area contributed by atoms with Crippen LogP contribution >= 0.6 is 0 Å². The first-order valence-corrected chi connectivity index (χ1v) is 16.1. The maximum atomic E-state index is 12.2. The Bertz CT molecular complexity index is 705. The van der Waals surface area contributed by atoms with Gasteiger partial charge in [0.05, 0.1) is 26.4 Å². The molecule has 0 rings (SSSR count). The van der Waals surface area contributed by atoms with Gasteiger partial charge in [-0.15, -0.1) is 0 Å². The van der Waals surface area contributed by atoms with Gasteiger partial charge in [-0.25, -0.2) is 12.5 Å². The SMILES string of the molecule is CC/C=C/CCCCCCCCOS(=O)(=O)OC(CCC)CCCCCCCCOS(=O)(=O)OC. The zero-order chi connectivity index (χ0) is 26.3. The van der Waals surface area contributed by atoms with E-state index in [1.165, 1.54) is 19.3 Å². The van der Waals surface area contributed by atoms with Gasteiger partial charge in [0.1, 0.15) is 0 Å².